The molecule has 4 heteroatoms. The van der Waals surface area contributed by atoms with Crippen molar-refractivity contribution in [2.45, 2.75) is 38.5 Å². The molecule has 1 aliphatic heterocycles. The number of para-hydroxylation sites is 2. The number of ether oxygens (including phenoxy) is 1. The van der Waals surface area contributed by atoms with E-state index < -0.39 is 0 Å². The number of nitrogens with zero attached hydrogens (tertiary/aromatic N) is 1. The van der Waals surface area contributed by atoms with Crippen LogP contribution < -0.4 is 15.4 Å². The minimum atomic E-state index is -0.240. The van der Waals surface area contributed by atoms with Crippen LogP contribution in [0.15, 0.2) is 158 Å². The van der Waals surface area contributed by atoms with Crippen LogP contribution in [-0.2, 0) is 5.41 Å². The molecule has 2 N–H and O–H groups in total. The zero-order valence-electron chi connectivity index (χ0n) is 29.5. The van der Waals surface area contributed by atoms with Crippen molar-refractivity contribution in [1.29, 1.82) is 0 Å². The second kappa shape index (κ2) is 11.7. The lowest BCUT2D eigenvalue weighted by atomic mass is 9.81. The Kier molecular flexibility index (Phi) is 6.92. The molecule has 0 radical (unpaired) electrons. The standard InChI is InChI=1S/C48H39N3O/c1-30-22-27-42-44(46(30)52-34-16-8-5-9-17-34)38-26-24-33(32-23-25-36-35-18-10-12-20-39(35)48(2,3)40(36)28-32)29-43(38)51(42)47-49-41-21-13-11-19-37(41)45(50-47)31-14-6-4-7-15-31/h4-29,45,47,49-50H,1-3H3. The molecule has 10 rings (SSSR count). The maximum atomic E-state index is 6.74. The van der Waals surface area contributed by atoms with Gasteiger partial charge in [0.25, 0.3) is 0 Å². The Morgan fingerprint density at radius 2 is 1.31 bits per heavy atom. The number of aromatic nitrogens is 1. The molecule has 0 fully saturated rings. The van der Waals surface area contributed by atoms with Gasteiger partial charge in [-0.1, -0.05) is 135 Å². The van der Waals surface area contributed by atoms with Crippen molar-refractivity contribution in [3.05, 3.63) is 186 Å². The highest BCUT2D eigenvalue weighted by Crippen LogP contribution is 2.50. The number of hydrogen-bond donors (Lipinski definition) is 2. The Hall–Kier alpha value is -6.10. The Labute approximate surface area is 304 Å². The van der Waals surface area contributed by atoms with Gasteiger partial charge in [-0.2, -0.15) is 0 Å². The summed E-state index contributed by atoms with van der Waals surface area (Å²) >= 11 is 0. The van der Waals surface area contributed by atoms with Crippen LogP contribution in [0.4, 0.5) is 5.69 Å². The van der Waals surface area contributed by atoms with Crippen LogP contribution in [0, 0.1) is 6.92 Å². The van der Waals surface area contributed by atoms with E-state index >= 15 is 0 Å². The summed E-state index contributed by atoms with van der Waals surface area (Å²) < 4.78 is 9.18. The number of anilines is 1. The van der Waals surface area contributed by atoms with Crippen LogP contribution in [0.1, 0.15) is 54.0 Å². The van der Waals surface area contributed by atoms with Gasteiger partial charge in [0.05, 0.1) is 22.5 Å². The summed E-state index contributed by atoms with van der Waals surface area (Å²) in [6.07, 6.45) is -0.240. The molecule has 0 saturated carbocycles. The molecular formula is C48H39N3O. The zero-order valence-corrected chi connectivity index (χ0v) is 29.5. The summed E-state index contributed by atoms with van der Waals surface area (Å²) in [5.41, 5.74) is 14.7. The van der Waals surface area contributed by atoms with E-state index in [1.165, 1.54) is 44.5 Å². The van der Waals surface area contributed by atoms with Crippen molar-refractivity contribution in [2.24, 2.45) is 0 Å². The van der Waals surface area contributed by atoms with Crippen LogP contribution in [0.25, 0.3) is 44.1 Å². The van der Waals surface area contributed by atoms with Gasteiger partial charge < -0.3 is 14.6 Å². The lowest BCUT2D eigenvalue weighted by molar-refractivity contribution is 0.417. The van der Waals surface area contributed by atoms with Crippen molar-refractivity contribution in [3.8, 4) is 33.8 Å². The van der Waals surface area contributed by atoms with Gasteiger partial charge in [0.15, 0.2) is 6.29 Å². The highest BCUT2D eigenvalue weighted by Gasteiger charge is 2.35. The molecule has 0 spiro atoms. The molecular weight excluding hydrogens is 635 g/mol. The predicted octanol–water partition coefficient (Wildman–Crippen LogP) is 12.1. The van der Waals surface area contributed by atoms with Gasteiger partial charge >= 0.3 is 0 Å². The first kappa shape index (κ1) is 30.7. The van der Waals surface area contributed by atoms with Crippen molar-refractivity contribution >= 4 is 27.5 Å². The van der Waals surface area contributed by atoms with Crippen molar-refractivity contribution in [3.63, 3.8) is 0 Å². The first-order valence-corrected chi connectivity index (χ1v) is 18.2. The third-order valence-electron chi connectivity index (χ3n) is 11.3. The normalized spacial score (nSPS) is 17.0. The van der Waals surface area contributed by atoms with Crippen molar-refractivity contribution < 1.29 is 4.74 Å². The smallest absolute Gasteiger partial charge is 0.160 e. The molecule has 0 saturated heterocycles. The Morgan fingerprint density at radius 3 is 2.15 bits per heavy atom. The number of aryl methyl sites for hydroxylation is 1. The number of hydrogen-bond acceptors (Lipinski definition) is 3. The lowest BCUT2D eigenvalue weighted by Crippen LogP contribution is -2.40. The molecule has 1 aliphatic carbocycles. The average Bonchev–Trinajstić information content (AvgIpc) is 3.64. The minimum absolute atomic E-state index is 0.00500. The largest absolute Gasteiger partial charge is 0.456 e. The third-order valence-corrected chi connectivity index (χ3v) is 11.3. The van der Waals surface area contributed by atoms with Gasteiger partial charge in [-0.25, -0.2) is 0 Å². The van der Waals surface area contributed by atoms with Crippen LogP contribution >= 0.6 is 0 Å². The summed E-state index contributed by atoms with van der Waals surface area (Å²) in [5, 5.41) is 10.2. The molecule has 4 nitrogen and oxygen atoms in total. The van der Waals surface area contributed by atoms with Gasteiger partial charge in [-0.3, -0.25) is 5.32 Å². The maximum absolute atomic E-state index is 6.74. The lowest BCUT2D eigenvalue weighted by Gasteiger charge is -2.36. The summed E-state index contributed by atoms with van der Waals surface area (Å²) in [4.78, 5) is 0. The van der Waals surface area contributed by atoms with Crippen LogP contribution in [0.2, 0.25) is 0 Å². The first-order chi connectivity index (χ1) is 25.5. The van der Waals surface area contributed by atoms with Gasteiger partial charge in [0.2, 0.25) is 0 Å². The van der Waals surface area contributed by atoms with Crippen LogP contribution in [-0.4, -0.2) is 4.57 Å². The van der Waals surface area contributed by atoms with Crippen molar-refractivity contribution in [2.75, 3.05) is 5.32 Å². The van der Waals surface area contributed by atoms with Gasteiger partial charge in [-0.15, -0.1) is 0 Å². The molecule has 2 aliphatic rings. The van der Waals surface area contributed by atoms with E-state index in [2.05, 4.69) is 163 Å². The number of benzene rings is 7. The Morgan fingerprint density at radius 1 is 0.615 bits per heavy atom. The maximum Gasteiger partial charge on any atom is 0.160 e. The molecule has 252 valence electrons. The molecule has 1 aromatic heterocycles. The van der Waals surface area contributed by atoms with E-state index in [1.807, 2.05) is 30.3 Å². The quantitative estimate of drug-likeness (QED) is 0.191. The Bertz CT molecular complexity index is 2660. The second-order valence-corrected chi connectivity index (χ2v) is 14.7. The van der Waals surface area contributed by atoms with E-state index in [0.717, 1.165) is 44.6 Å². The summed E-state index contributed by atoms with van der Waals surface area (Å²) in [5.74, 6) is 1.71. The molecule has 2 heterocycles. The SMILES string of the molecule is Cc1ccc2c(c1Oc1ccccc1)c1ccc(-c3ccc4c(c3)C(C)(C)c3ccccc3-4)cc1n2C1Nc2ccccc2C(c2ccccc2)N1. The van der Waals surface area contributed by atoms with Gasteiger partial charge in [0.1, 0.15) is 11.5 Å². The molecule has 2 unspecified atom stereocenters. The molecule has 8 aromatic rings. The van der Waals surface area contributed by atoms with Crippen LogP contribution in [0.5, 0.6) is 11.5 Å². The topological polar surface area (TPSA) is 38.2 Å². The summed E-state index contributed by atoms with van der Waals surface area (Å²) in [6, 6.07) is 56.7. The van der Waals surface area contributed by atoms with Crippen LogP contribution in [0.3, 0.4) is 0 Å². The van der Waals surface area contributed by atoms with E-state index in [-0.39, 0.29) is 17.7 Å². The third kappa shape index (κ3) is 4.72. The van der Waals surface area contributed by atoms with Crippen molar-refractivity contribution in [1.82, 2.24) is 9.88 Å². The monoisotopic (exact) mass is 673 g/mol. The highest BCUT2D eigenvalue weighted by atomic mass is 16.5. The predicted molar refractivity (Wildman–Crippen MR) is 214 cm³/mol. The minimum Gasteiger partial charge on any atom is -0.456 e. The highest BCUT2D eigenvalue weighted by molar-refractivity contribution is 6.13. The summed E-state index contributed by atoms with van der Waals surface area (Å²) in [6.45, 7) is 6.83. The molecule has 7 aromatic carbocycles. The number of fused-ring (bicyclic) bond motifs is 7. The van der Waals surface area contributed by atoms with Gasteiger partial charge in [-0.05, 0) is 93.4 Å². The first-order valence-electron chi connectivity index (χ1n) is 18.2. The Balaban J connectivity index is 1.19. The average molecular weight is 674 g/mol. The number of nitrogens with one attached hydrogen (secondary N) is 2. The molecule has 0 amide bonds. The molecule has 2 atom stereocenters. The van der Waals surface area contributed by atoms with E-state index in [1.54, 1.807) is 0 Å². The summed E-state index contributed by atoms with van der Waals surface area (Å²) in [7, 11) is 0. The van der Waals surface area contributed by atoms with Gasteiger partial charge in [0, 0.05) is 16.5 Å². The van der Waals surface area contributed by atoms with E-state index in [9.17, 15) is 0 Å². The van der Waals surface area contributed by atoms with E-state index in [4.69, 9.17) is 4.74 Å². The zero-order chi connectivity index (χ0) is 35.0. The molecule has 52 heavy (non-hydrogen) atoms. The molecule has 0 bridgehead atoms. The fourth-order valence-corrected chi connectivity index (χ4v) is 8.67. The fraction of sp³-hybridized carbons (Fsp3) is 0.125. The fourth-order valence-electron chi connectivity index (χ4n) is 8.67. The number of rotatable bonds is 5. The second-order valence-electron chi connectivity index (χ2n) is 14.7. The van der Waals surface area contributed by atoms with E-state index in [0.29, 0.717) is 0 Å².